The lowest BCUT2D eigenvalue weighted by Crippen LogP contribution is -2.09. The van der Waals surface area contributed by atoms with Crippen molar-refractivity contribution in [2.45, 2.75) is 33.6 Å². The monoisotopic (exact) mass is 283 g/mol. The number of aryl methyl sites for hydroxylation is 3. The van der Waals surface area contributed by atoms with Crippen molar-refractivity contribution < 1.29 is 4.74 Å². The summed E-state index contributed by atoms with van der Waals surface area (Å²) >= 11 is 0. The first-order chi connectivity index (χ1) is 10.2. The van der Waals surface area contributed by atoms with Crippen LogP contribution in [0.15, 0.2) is 42.5 Å². The summed E-state index contributed by atoms with van der Waals surface area (Å²) in [6.45, 7) is 8.11. The molecular formula is C19H25NO. The van der Waals surface area contributed by atoms with Crippen molar-refractivity contribution in [1.82, 2.24) is 0 Å². The van der Waals surface area contributed by atoms with Gasteiger partial charge in [-0.25, -0.2) is 0 Å². The standard InChI is InChI=1S/C19H25NO/c1-4-17-8-5-7-16(3)19(17)20-13-6-14-21-18-11-9-15(2)10-12-18/h5,7-12,20H,4,6,13-14H2,1-3H3. The third-order valence-corrected chi connectivity index (χ3v) is 3.65. The van der Waals surface area contributed by atoms with Crippen LogP contribution in [-0.4, -0.2) is 13.2 Å². The molecule has 2 heteroatoms. The van der Waals surface area contributed by atoms with Gasteiger partial charge >= 0.3 is 0 Å². The third-order valence-electron chi connectivity index (χ3n) is 3.65. The van der Waals surface area contributed by atoms with E-state index in [1.54, 1.807) is 0 Å². The smallest absolute Gasteiger partial charge is 0.119 e. The molecule has 112 valence electrons. The van der Waals surface area contributed by atoms with Crippen molar-refractivity contribution >= 4 is 5.69 Å². The zero-order chi connectivity index (χ0) is 15.1. The molecule has 0 radical (unpaired) electrons. The molecule has 0 spiro atoms. The lowest BCUT2D eigenvalue weighted by atomic mass is 10.1. The molecular weight excluding hydrogens is 258 g/mol. The average Bonchev–Trinajstić information content (AvgIpc) is 2.50. The van der Waals surface area contributed by atoms with Gasteiger partial charge in [-0.1, -0.05) is 42.8 Å². The predicted octanol–water partition coefficient (Wildman–Crippen LogP) is 4.75. The molecule has 0 saturated carbocycles. The zero-order valence-corrected chi connectivity index (χ0v) is 13.3. The maximum atomic E-state index is 5.75. The lowest BCUT2D eigenvalue weighted by molar-refractivity contribution is 0.315. The summed E-state index contributed by atoms with van der Waals surface area (Å²) in [7, 11) is 0. The first kappa shape index (κ1) is 15.4. The van der Waals surface area contributed by atoms with E-state index < -0.39 is 0 Å². The van der Waals surface area contributed by atoms with Crippen molar-refractivity contribution in [3.8, 4) is 5.75 Å². The number of rotatable bonds is 7. The molecule has 0 aliphatic rings. The van der Waals surface area contributed by atoms with Crippen LogP contribution >= 0.6 is 0 Å². The molecule has 2 rings (SSSR count). The first-order valence-electron chi connectivity index (χ1n) is 7.72. The van der Waals surface area contributed by atoms with Gasteiger partial charge in [-0.15, -0.1) is 0 Å². The van der Waals surface area contributed by atoms with E-state index in [9.17, 15) is 0 Å². The molecule has 0 fully saturated rings. The number of nitrogens with one attached hydrogen (secondary N) is 1. The Morgan fingerprint density at radius 3 is 2.48 bits per heavy atom. The number of hydrogen-bond donors (Lipinski definition) is 1. The SMILES string of the molecule is CCc1cccc(C)c1NCCCOc1ccc(C)cc1. The topological polar surface area (TPSA) is 21.3 Å². The van der Waals surface area contributed by atoms with Crippen LogP contribution in [0.2, 0.25) is 0 Å². The van der Waals surface area contributed by atoms with Gasteiger partial charge in [0.15, 0.2) is 0 Å². The second-order valence-electron chi connectivity index (χ2n) is 5.40. The van der Waals surface area contributed by atoms with Gasteiger partial charge in [-0.2, -0.15) is 0 Å². The van der Waals surface area contributed by atoms with E-state index in [1.807, 2.05) is 12.1 Å². The molecule has 0 bridgehead atoms. The van der Waals surface area contributed by atoms with Crippen molar-refractivity contribution in [3.05, 3.63) is 59.2 Å². The van der Waals surface area contributed by atoms with Crippen molar-refractivity contribution in [2.24, 2.45) is 0 Å². The molecule has 0 aliphatic heterocycles. The summed E-state index contributed by atoms with van der Waals surface area (Å²) in [6, 6.07) is 14.7. The molecule has 1 N–H and O–H groups in total. The van der Waals surface area contributed by atoms with E-state index in [1.165, 1.54) is 22.4 Å². The molecule has 0 amide bonds. The van der Waals surface area contributed by atoms with E-state index >= 15 is 0 Å². The van der Waals surface area contributed by atoms with Crippen LogP contribution in [0.25, 0.3) is 0 Å². The van der Waals surface area contributed by atoms with Crippen LogP contribution in [0.4, 0.5) is 5.69 Å². The number of benzene rings is 2. The van der Waals surface area contributed by atoms with Crippen LogP contribution in [0, 0.1) is 13.8 Å². The Kier molecular flexibility index (Phi) is 5.68. The van der Waals surface area contributed by atoms with Gasteiger partial charge in [-0.05, 0) is 49.9 Å². The van der Waals surface area contributed by atoms with Crippen LogP contribution in [0.3, 0.4) is 0 Å². The van der Waals surface area contributed by atoms with Crippen molar-refractivity contribution in [2.75, 3.05) is 18.5 Å². The summed E-state index contributed by atoms with van der Waals surface area (Å²) in [5, 5.41) is 3.55. The number of hydrogen-bond acceptors (Lipinski definition) is 2. The highest BCUT2D eigenvalue weighted by atomic mass is 16.5. The molecule has 0 unspecified atom stereocenters. The Bertz CT molecular complexity index is 560. The molecule has 0 aromatic heterocycles. The molecule has 21 heavy (non-hydrogen) atoms. The number of para-hydroxylation sites is 1. The molecule has 2 aromatic rings. The number of ether oxygens (including phenoxy) is 1. The Morgan fingerprint density at radius 1 is 1.00 bits per heavy atom. The second-order valence-corrected chi connectivity index (χ2v) is 5.40. The molecule has 0 saturated heterocycles. The first-order valence-corrected chi connectivity index (χ1v) is 7.72. The maximum Gasteiger partial charge on any atom is 0.119 e. The highest BCUT2D eigenvalue weighted by Gasteiger charge is 2.03. The van der Waals surface area contributed by atoms with Gasteiger partial charge in [0.1, 0.15) is 5.75 Å². The van der Waals surface area contributed by atoms with E-state index in [2.05, 4.69) is 56.4 Å². The normalized spacial score (nSPS) is 10.4. The third kappa shape index (κ3) is 4.52. The summed E-state index contributed by atoms with van der Waals surface area (Å²) in [6.07, 6.45) is 2.05. The van der Waals surface area contributed by atoms with Crippen molar-refractivity contribution in [1.29, 1.82) is 0 Å². The molecule has 2 aromatic carbocycles. The lowest BCUT2D eigenvalue weighted by Gasteiger charge is -2.14. The van der Waals surface area contributed by atoms with Gasteiger partial charge < -0.3 is 10.1 Å². The fourth-order valence-corrected chi connectivity index (χ4v) is 2.39. The van der Waals surface area contributed by atoms with Crippen LogP contribution in [-0.2, 0) is 6.42 Å². The van der Waals surface area contributed by atoms with Crippen LogP contribution < -0.4 is 10.1 Å². The van der Waals surface area contributed by atoms with Gasteiger partial charge in [0.2, 0.25) is 0 Å². The van der Waals surface area contributed by atoms with E-state index in [-0.39, 0.29) is 0 Å². The molecule has 0 atom stereocenters. The Hall–Kier alpha value is -1.96. The van der Waals surface area contributed by atoms with Gasteiger partial charge in [-0.3, -0.25) is 0 Å². The second kappa shape index (κ2) is 7.72. The van der Waals surface area contributed by atoms with Gasteiger partial charge in [0.05, 0.1) is 6.61 Å². The Balaban J connectivity index is 1.76. The van der Waals surface area contributed by atoms with Crippen molar-refractivity contribution in [3.63, 3.8) is 0 Å². The Labute approximate surface area is 128 Å². The van der Waals surface area contributed by atoms with Gasteiger partial charge in [0, 0.05) is 12.2 Å². The fraction of sp³-hybridized carbons (Fsp3) is 0.368. The maximum absolute atomic E-state index is 5.75. The number of anilines is 1. The Morgan fingerprint density at radius 2 is 1.76 bits per heavy atom. The van der Waals surface area contributed by atoms with E-state index in [0.29, 0.717) is 0 Å². The van der Waals surface area contributed by atoms with Crippen LogP contribution in [0.5, 0.6) is 5.75 Å². The fourth-order valence-electron chi connectivity index (χ4n) is 2.39. The summed E-state index contributed by atoms with van der Waals surface area (Å²) in [4.78, 5) is 0. The quantitative estimate of drug-likeness (QED) is 0.741. The van der Waals surface area contributed by atoms with E-state index in [0.717, 1.165) is 31.7 Å². The van der Waals surface area contributed by atoms with Gasteiger partial charge in [0.25, 0.3) is 0 Å². The predicted molar refractivity (Wildman–Crippen MR) is 90.3 cm³/mol. The summed E-state index contributed by atoms with van der Waals surface area (Å²) in [5.74, 6) is 0.950. The average molecular weight is 283 g/mol. The minimum absolute atomic E-state index is 0.739. The summed E-state index contributed by atoms with van der Waals surface area (Å²) in [5.41, 5.74) is 5.24. The van der Waals surface area contributed by atoms with E-state index in [4.69, 9.17) is 4.74 Å². The van der Waals surface area contributed by atoms with Crippen LogP contribution in [0.1, 0.15) is 30.0 Å². The highest BCUT2D eigenvalue weighted by molar-refractivity contribution is 5.57. The minimum Gasteiger partial charge on any atom is -0.494 e. The minimum atomic E-state index is 0.739. The molecule has 0 aliphatic carbocycles. The molecule has 2 nitrogen and oxygen atoms in total. The summed E-state index contributed by atoms with van der Waals surface area (Å²) < 4.78 is 5.75. The highest BCUT2D eigenvalue weighted by Crippen LogP contribution is 2.20. The zero-order valence-electron chi connectivity index (χ0n) is 13.3. The largest absolute Gasteiger partial charge is 0.494 e. The molecule has 0 heterocycles.